The van der Waals surface area contributed by atoms with E-state index in [1.165, 1.54) is 37.8 Å². The fourth-order valence-corrected chi connectivity index (χ4v) is 3.34. The summed E-state index contributed by atoms with van der Waals surface area (Å²) >= 11 is 12.1. The number of nitrogens with zero attached hydrogens (tertiary/aromatic N) is 1. The van der Waals surface area contributed by atoms with Gasteiger partial charge in [0, 0.05) is 29.2 Å². The lowest BCUT2D eigenvalue weighted by Crippen LogP contribution is -2.39. The maximum absolute atomic E-state index is 6.26. The van der Waals surface area contributed by atoms with E-state index in [-0.39, 0.29) is 0 Å². The number of halogens is 2. The highest BCUT2D eigenvalue weighted by molar-refractivity contribution is 6.32. The zero-order valence-electron chi connectivity index (χ0n) is 11.0. The first-order valence-corrected chi connectivity index (χ1v) is 7.78. The van der Waals surface area contributed by atoms with Gasteiger partial charge in [-0.3, -0.25) is 0 Å². The molecule has 1 aromatic rings. The number of piperidine rings is 1. The molecule has 1 aliphatic heterocycles. The van der Waals surface area contributed by atoms with Crippen LogP contribution in [0.2, 0.25) is 5.02 Å². The molecule has 1 saturated heterocycles. The van der Waals surface area contributed by atoms with Gasteiger partial charge < -0.3 is 4.90 Å². The van der Waals surface area contributed by atoms with Crippen molar-refractivity contribution in [3.05, 3.63) is 28.8 Å². The summed E-state index contributed by atoms with van der Waals surface area (Å²) in [5.74, 6) is 0.484. The summed E-state index contributed by atoms with van der Waals surface area (Å²) in [7, 11) is 0. The van der Waals surface area contributed by atoms with Crippen molar-refractivity contribution in [3.8, 4) is 0 Å². The van der Waals surface area contributed by atoms with Gasteiger partial charge in [0.2, 0.25) is 0 Å². The minimum atomic E-state index is 0.484. The minimum Gasteiger partial charge on any atom is -0.369 e. The van der Waals surface area contributed by atoms with Gasteiger partial charge in [-0.15, -0.1) is 11.6 Å². The van der Waals surface area contributed by atoms with E-state index in [0.29, 0.717) is 11.9 Å². The van der Waals surface area contributed by atoms with Crippen LogP contribution in [0.5, 0.6) is 0 Å². The third-order valence-electron chi connectivity index (χ3n) is 3.76. The number of anilines is 1. The monoisotopic (exact) mass is 285 g/mol. The zero-order valence-corrected chi connectivity index (χ0v) is 12.5. The topological polar surface area (TPSA) is 3.24 Å². The van der Waals surface area contributed by atoms with E-state index < -0.39 is 0 Å². The second-order valence-electron chi connectivity index (χ2n) is 5.04. The summed E-state index contributed by atoms with van der Waals surface area (Å²) in [6.45, 7) is 3.41. The van der Waals surface area contributed by atoms with Gasteiger partial charge in [0.25, 0.3) is 0 Å². The Kier molecular flexibility index (Phi) is 5.20. The van der Waals surface area contributed by atoms with Gasteiger partial charge in [-0.25, -0.2) is 0 Å². The van der Waals surface area contributed by atoms with Crippen molar-refractivity contribution in [2.75, 3.05) is 11.4 Å². The predicted molar refractivity (Wildman–Crippen MR) is 80.9 cm³/mol. The molecule has 0 N–H and O–H groups in total. The summed E-state index contributed by atoms with van der Waals surface area (Å²) in [6, 6.07) is 6.98. The number of hydrogen-bond acceptors (Lipinski definition) is 1. The second kappa shape index (κ2) is 6.68. The molecule has 1 unspecified atom stereocenters. The van der Waals surface area contributed by atoms with Crippen LogP contribution in [0.1, 0.15) is 44.6 Å². The molecule has 0 spiro atoms. The molecule has 100 valence electrons. The van der Waals surface area contributed by atoms with Crippen molar-refractivity contribution in [2.24, 2.45) is 0 Å². The van der Waals surface area contributed by atoms with E-state index in [1.54, 1.807) is 0 Å². The Morgan fingerprint density at radius 2 is 2.17 bits per heavy atom. The van der Waals surface area contributed by atoms with Crippen molar-refractivity contribution < 1.29 is 0 Å². The first-order chi connectivity index (χ1) is 8.76. The van der Waals surface area contributed by atoms with Gasteiger partial charge in [-0.2, -0.15) is 0 Å². The van der Waals surface area contributed by atoms with Gasteiger partial charge in [0.05, 0.1) is 0 Å². The highest BCUT2D eigenvalue weighted by Crippen LogP contribution is 2.30. The van der Waals surface area contributed by atoms with Crippen LogP contribution in [-0.4, -0.2) is 12.6 Å². The van der Waals surface area contributed by atoms with Gasteiger partial charge in [0.15, 0.2) is 0 Å². The zero-order chi connectivity index (χ0) is 13.0. The normalized spacial score (nSPS) is 20.2. The van der Waals surface area contributed by atoms with Crippen LogP contribution in [0.25, 0.3) is 0 Å². The van der Waals surface area contributed by atoms with Crippen LogP contribution < -0.4 is 4.90 Å². The van der Waals surface area contributed by atoms with E-state index >= 15 is 0 Å². The molecule has 1 aliphatic rings. The van der Waals surface area contributed by atoms with Gasteiger partial charge in [-0.05, 0) is 43.4 Å². The molecule has 3 heteroatoms. The number of rotatable bonds is 4. The Morgan fingerprint density at radius 3 is 2.83 bits per heavy atom. The summed E-state index contributed by atoms with van der Waals surface area (Å²) < 4.78 is 0. The minimum absolute atomic E-state index is 0.484. The van der Waals surface area contributed by atoms with Gasteiger partial charge >= 0.3 is 0 Å². The second-order valence-corrected chi connectivity index (χ2v) is 5.72. The van der Waals surface area contributed by atoms with Crippen LogP contribution in [-0.2, 0) is 5.88 Å². The van der Waals surface area contributed by atoms with E-state index in [0.717, 1.165) is 17.1 Å². The number of hydrogen-bond donors (Lipinski definition) is 0. The van der Waals surface area contributed by atoms with E-state index in [1.807, 2.05) is 0 Å². The van der Waals surface area contributed by atoms with Gasteiger partial charge in [-0.1, -0.05) is 31.0 Å². The smallest absolute Gasteiger partial charge is 0.0488 e. The summed E-state index contributed by atoms with van der Waals surface area (Å²) in [5.41, 5.74) is 2.28. The van der Waals surface area contributed by atoms with E-state index in [9.17, 15) is 0 Å². The highest BCUT2D eigenvalue weighted by Gasteiger charge is 2.22. The molecular formula is C15H21Cl2N. The molecule has 0 aromatic heterocycles. The summed E-state index contributed by atoms with van der Waals surface area (Å²) in [6.07, 6.45) is 6.47. The number of benzene rings is 1. The Bertz CT molecular complexity index is 390. The number of alkyl halides is 1. The fraction of sp³-hybridized carbons (Fsp3) is 0.600. The molecule has 1 heterocycles. The Labute approximate surface area is 120 Å². The molecule has 0 saturated carbocycles. The molecule has 18 heavy (non-hydrogen) atoms. The largest absolute Gasteiger partial charge is 0.369 e. The highest BCUT2D eigenvalue weighted by atomic mass is 35.5. The first-order valence-electron chi connectivity index (χ1n) is 6.87. The molecule has 1 atom stereocenters. The third kappa shape index (κ3) is 3.13. The van der Waals surface area contributed by atoms with Crippen molar-refractivity contribution in [1.82, 2.24) is 0 Å². The molecule has 0 bridgehead atoms. The Morgan fingerprint density at radius 1 is 1.33 bits per heavy atom. The fourth-order valence-electron chi connectivity index (χ4n) is 2.80. The first kappa shape index (κ1) is 14.0. The molecule has 1 fully saturated rings. The SMILES string of the molecule is CCCC1CCCCN1c1ccc(CCl)c(Cl)c1. The predicted octanol–water partition coefficient (Wildman–Crippen LogP) is 5.24. The van der Waals surface area contributed by atoms with E-state index in [4.69, 9.17) is 23.2 Å². The lowest BCUT2D eigenvalue weighted by molar-refractivity contribution is 0.435. The van der Waals surface area contributed by atoms with E-state index in [2.05, 4.69) is 30.0 Å². The van der Waals surface area contributed by atoms with Crippen LogP contribution in [0.3, 0.4) is 0 Å². The molecule has 1 nitrogen and oxygen atoms in total. The lowest BCUT2D eigenvalue weighted by atomic mass is 9.97. The molecule has 2 rings (SSSR count). The Balaban J connectivity index is 2.19. The Hall–Kier alpha value is -0.400. The summed E-state index contributed by atoms with van der Waals surface area (Å²) in [4.78, 5) is 2.52. The van der Waals surface area contributed by atoms with Crippen LogP contribution in [0.15, 0.2) is 18.2 Å². The third-order valence-corrected chi connectivity index (χ3v) is 4.40. The van der Waals surface area contributed by atoms with Crippen molar-refractivity contribution in [3.63, 3.8) is 0 Å². The molecule has 1 aromatic carbocycles. The lowest BCUT2D eigenvalue weighted by Gasteiger charge is -2.38. The average Bonchev–Trinajstić information content (AvgIpc) is 2.40. The quantitative estimate of drug-likeness (QED) is 0.684. The standard InChI is InChI=1S/C15H21Cl2N/c1-2-5-13-6-3-4-9-18(13)14-8-7-12(11-16)15(17)10-14/h7-8,10,13H,2-6,9,11H2,1H3. The van der Waals surface area contributed by atoms with Crippen molar-refractivity contribution in [2.45, 2.75) is 50.9 Å². The molecule has 0 amide bonds. The van der Waals surface area contributed by atoms with Crippen molar-refractivity contribution in [1.29, 1.82) is 0 Å². The van der Waals surface area contributed by atoms with Crippen LogP contribution in [0, 0.1) is 0 Å². The maximum atomic E-state index is 6.26. The maximum Gasteiger partial charge on any atom is 0.0488 e. The van der Waals surface area contributed by atoms with Crippen LogP contribution in [0.4, 0.5) is 5.69 Å². The van der Waals surface area contributed by atoms with Crippen LogP contribution >= 0.6 is 23.2 Å². The van der Waals surface area contributed by atoms with Crippen molar-refractivity contribution >= 4 is 28.9 Å². The average molecular weight is 286 g/mol. The molecule has 0 aliphatic carbocycles. The van der Waals surface area contributed by atoms with Gasteiger partial charge in [0.1, 0.15) is 0 Å². The summed E-state index contributed by atoms with van der Waals surface area (Å²) in [5, 5.41) is 0.795. The molecular weight excluding hydrogens is 265 g/mol. The molecule has 0 radical (unpaired) electrons.